The second kappa shape index (κ2) is 6.59. The molecule has 1 aromatic rings. The number of rotatable bonds is 5. The summed E-state index contributed by atoms with van der Waals surface area (Å²) in [6.45, 7) is 3.92. The van der Waals surface area contributed by atoms with Crippen LogP contribution >= 0.6 is 0 Å². The standard InChI is InChI=1S/C14H18F3NO/c1-3-5-10(4-2)13(19)18-12-8-6-11(7-9-12)14(15,16)17/h6-10H,3-5H2,1-2H3,(H,18,19). The molecule has 1 amide bonds. The Morgan fingerprint density at radius 1 is 1.21 bits per heavy atom. The number of nitrogens with one attached hydrogen (secondary N) is 1. The van der Waals surface area contributed by atoms with Crippen LogP contribution in [0.4, 0.5) is 18.9 Å². The van der Waals surface area contributed by atoms with Crippen molar-refractivity contribution in [1.82, 2.24) is 0 Å². The van der Waals surface area contributed by atoms with Crippen LogP contribution in [0.15, 0.2) is 24.3 Å². The summed E-state index contributed by atoms with van der Waals surface area (Å²) >= 11 is 0. The summed E-state index contributed by atoms with van der Waals surface area (Å²) in [7, 11) is 0. The van der Waals surface area contributed by atoms with E-state index >= 15 is 0 Å². The Balaban J connectivity index is 2.70. The van der Waals surface area contributed by atoms with Crippen molar-refractivity contribution in [2.45, 2.75) is 39.3 Å². The zero-order valence-corrected chi connectivity index (χ0v) is 11.1. The molecule has 0 aliphatic rings. The third kappa shape index (κ3) is 4.58. The Morgan fingerprint density at radius 3 is 2.21 bits per heavy atom. The summed E-state index contributed by atoms with van der Waals surface area (Å²) in [4.78, 5) is 11.9. The van der Waals surface area contributed by atoms with E-state index < -0.39 is 11.7 Å². The van der Waals surface area contributed by atoms with E-state index in [9.17, 15) is 18.0 Å². The molecule has 0 radical (unpaired) electrons. The van der Waals surface area contributed by atoms with Crippen molar-refractivity contribution >= 4 is 11.6 Å². The molecule has 2 nitrogen and oxygen atoms in total. The topological polar surface area (TPSA) is 29.1 Å². The minimum Gasteiger partial charge on any atom is -0.326 e. The number of benzene rings is 1. The average Bonchev–Trinajstić information content (AvgIpc) is 2.35. The Kier molecular flexibility index (Phi) is 5.39. The van der Waals surface area contributed by atoms with E-state index in [1.165, 1.54) is 12.1 Å². The maximum absolute atomic E-state index is 12.4. The number of anilines is 1. The fraction of sp³-hybridized carbons (Fsp3) is 0.500. The van der Waals surface area contributed by atoms with Gasteiger partial charge >= 0.3 is 6.18 Å². The van der Waals surface area contributed by atoms with Crippen molar-refractivity contribution in [2.24, 2.45) is 5.92 Å². The van der Waals surface area contributed by atoms with E-state index in [4.69, 9.17) is 0 Å². The number of hydrogen-bond donors (Lipinski definition) is 1. The summed E-state index contributed by atoms with van der Waals surface area (Å²) < 4.78 is 37.1. The first-order chi connectivity index (χ1) is 8.88. The summed E-state index contributed by atoms with van der Waals surface area (Å²) in [6, 6.07) is 4.49. The van der Waals surface area contributed by atoms with Crippen molar-refractivity contribution in [3.8, 4) is 0 Å². The molecule has 19 heavy (non-hydrogen) atoms. The Morgan fingerprint density at radius 2 is 1.79 bits per heavy atom. The fourth-order valence-electron chi connectivity index (χ4n) is 1.86. The average molecular weight is 273 g/mol. The zero-order valence-electron chi connectivity index (χ0n) is 11.1. The van der Waals surface area contributed by atoms with Gasteiger partial charge in [-0.2, -0.15) is 13.2 Å². The van der Waals surface area contributed by atoms with Gasteiger partial charge in [-0.1, -0.05) is 20.3 Å². The second-order valence-electron chi connectivity index (χ2n) is 4.46. The summed E-state index contributed by atoms with van der Waals surface area (Å²) in [5, 5.41) is 2.65. The number of amides is 1. The van der Waals surface area contributed by atoms with Crippen LogP contribution in [0.5, 0.6) is 0 Å². The van der Waals surface area contributed by atoms with Gasteiger partial charge in [0.05, 0.1) is 5.56 Å². The van der Waals surface area contributed by atoms with Gasteiger partial charge in [0.15, 0.2) is 0 Å². The number of alkyl halides is 3. The van der Waals surface area contributed by atoms with Gasteiger partial charge in [0.1, 0.15) is 0 Å². The number of hydrogen-bond acceptors (Lipinski definition) is 1. The maximum atomic E-state index is 12.4. The highest BCUT2D eigenvalue weighted by molar-refractivity contribution is 5.92. The quantitative estimate of drug-likeness (QED) is 0.842. The molecular formula is C14H18F3NO. The maximum Gasteiger partial charge on any atom is 0.416 e. The lowest BCUT2D eigenvalue weighted by Crippen LogP contribution is -2.22. The molecule has 0 aliphatic carbocycles. The molecule has 1 atom stereocenters. The molecule has 0 saturated heterocycles. The molecule has 5 heteroatoms. The van der Waals surface area contributed by atoms with Gasteiger partial charge in [0.2, 0.25) is 5.91 Å². The molecule has 0 saturated carbocycles. The van der Waals surface area contributed by atoms with E-state index in [-0.39, 0.29) is 11.8 Å². The highest BCUT2D eigenvalue weighted by Crippen LogP contribution is 2.29. The van der Waals surface area contributed by atoms with Gasteiger partial charge in [0, 0.05) is 11.6 Å². The highest BCUT2D eigenvalue weighted by Gasteiger charge is 2.30. The van der Waals surface area contributed by atoms with Gasteiger partial charge in [0.25, 0.3) is 0 Å². The van der Waals surface area contributed by atoms with Gasteiger partial charge in [-0.05, 0) is 37.1 Å². The molecule has 1 unspecified atom stereocenters. The van der Waals surface area contributed by atoms with E-state index in [2.05, 4.69) is 5.32 Å². The molecular weight excluding hydrogens is 255 g/mol. The van der Waals surface area contributed by atoms with Crippen LogP contribution in [-0.2, 0) is 11.0 Å². The van der Waals surface area contributed by atoms with Crippen LogP contribution in [0.25, 0.3) is 0 Å². The Hall–Kier alpha value is -1.52. The minimum atomic E-state index is -4.35. The first-order valence-corrected chi connectivity index (χ1v) is 6.36. The van der Waals surface area contributed by atoms with Crippen molar-refractivity contribution < 1.29 is 18.0 Å². The Bertz CT molecular complexity index is 412. The Labute approximate surface area is 111 Å². The highest BCUT2D eigenvalue weighted by atomic mass is 19.4. The number of halogens is 3. The van der Waals surface area contributed by atoms with Gasteiger partial charge in [-0.25, -0.2) is 0 Å². The van der Waals surface area contributed by atoms with Gasteiger partial charge in [-0.3, -0.25) is 4.79 Å². The largest absolute Gasteiger partial charge is 0.416 e. The van der Waals surface area contributed by atoms with Crippen molar-refractivity contribution in [3.63, 3.8) is 0 Å². The lowest BCUT2D eigenvalue weighted by atomic mass is 10.00. The van der Waals surface area contributed by atoms with Gasteiger partial charge in [-0.15, -0.1) is 0 Å². The summed E-state index contributed by atoms with van der Waals surface area (Å²) in [5.41, 5.74) is -0.321. The molecule has 1 rings (SSSR count). The molecule has 106 valence electrons. The summed E-state index contributed by atoms with van der Waals surface area (Å²) in [5.74, 6) is -0.226. The van der Waals surface area contributed by atoms with Crippen molar-refractivity contribution in [1.29, 1.82) is 0 Å². The van der Waals surface area contributed by atoms with Crippen LogP contribution in [0.1, 0.15) is 38.7 Å². The number of carbonyl (C=O) groups is 1. The molecule has 0 aliphatic heterocycles. The molecule has 0 fully saturated rings. The van der Waals surface area contributed by atoms with Crippen LogP contribution in [0.3, 0.4) is 0 Å². The zero-order chi connectivity index (χ0) is 14.5. The first kappa shape index (κ1) is 15.5. The predicted molar refractivity (Wildman–Crippen MR) is 68.8 cm³/mol. The lowest BCUT2D eigenvalue weighted by Gasteiger charge is -2.14. The fourth-order valence-corrected chi connectivity index (χ4v) is 1.86. The lowest BCUT2D eigenvalue weighted by molar-refractivity contribution is -0.137. The molecule has 1 N–H and O–H groups in total. The number of carbonyl (C=O) groups excluding carboxylic acids is 1. The first-order valence-electron chi connectivity index (χ1n) is 6.36. The van der Waals surface area contributed by atoms with E-state index in [0.717, 1.165) is 31.4 Å². The predicted octanol–water partition coefficient (Wildman–Crippen LogP) is 4.47. The second-order valence-corrected chi connectivity index (χ2v) is 4.46. The molecule has 0 spiro atoms. The molecule has 0 bridgehead atoms. The smallest absolute Gasteiger partial charge is 0.326 e. The van der Waals surface area contributed by atoms with Crippen LogP contribution in [0.2, 0.25) is 0 Å². The summed E-state index contributed by atoms with van der Waals surface area (Å²) in [6.07, 6.45) is -1.95. The monoisotopic (exact) mass is 273 g/mol. The SMILES string of the molecule is CCCC(CC)C(=O)Nc1ccc(C(F)(F)F)cc1. The van der Waals surface area contributed by atoms with Crippen LogP contribution in [0, 0.1) is 5.92 Å². The van der Waals surface area contributed by atoms with Crippen molar-refractivity contribution in [3.05, 3.63) is 29.8 Å². The third-order valence-corrected chi connectivity index (χ3v) is 2.98. The van der Waals surface area contributed by atoms with E-state index in [0.29, 0.717) is 5.69 Å². The molecule has 0 aromatic heterocycles. The van der Waals surface area contributed by atoms with Gasteiger partial charge < -0.3 is 5.32 Å². The third-order valence-electron chi connectivity index (χ3n) is 2.98. The van der Waals surface area contributed by atoms with E-state index in [1.54, 1.807) is 0 Å². The molecule has 0 heterocycles. The van der Waals surface area contributed by atoms with Crippen molar-refractivity contribution in [2.75, 3.05) is 5.32 Å². The van der Waals surface area contributed by atoms with E-state index in [1.807, 2.05) is 13.8 Å². The van der Waals surface area contributed by atoms with Crippen LogP contribution in [-0.4, -0.2) is 5.91 Å². The minimum absolute atomic E-state index is 0.0905. The normalized spacial score (nSPS) is 13.1. The molecule has 1 aromatic carbocycles. The van der Waals surface area contributed by atoms with Crippen LogP contribution < -0.4 is 5.32 Å².